The molecule has 102 valence electrons. The second-order valence-electron chi connectivity index (χ2n) is 4.90. The molecule has 0 amide bonds. The van der Waals surface area contributed by atoms with Gasteiger partial charge in [0.2, 0.25) is 6.79 Å². The summed E-state index contributed by atoms with van der Waals surface area (Å²) in [7, 11) is 0. The summed E-state index contributed by atoms with van der Waals surface area (Å²) in [5.74, 6) is 1.72. The minimum absolute atomic E-state index is 0.171. The fraction of sp³-hybridized carbons (Fsp3) is 0.235. The first-order chi connectivity index (χ1) is 9.86. The molecule has 0 radical (unpaired) electrons. The third-order valence-corrected chi connectivity index (χ3v) is 3.57. The molecule has 0 saturated carbocycles. The molecule has 1 atom stereocenters. The lowest BCUT2D eigenvalue weighted by Crippen LogP contribution is -2.04. The SMILES string of the molecule is O=CC[C@H](Cc1ccccc1)c1ccc2c(c1)OCO2. The Hall–Kier alpha value is -2.29. The molecular formula is C17H16O3. The molecule has 1 aliphatic rings. The molecular weight excluding hydrogens is 252 g/mol. The first kappa shape index (κ1) is 12.7. The van der Waals surface area contributed by atoms with Gasteiger partial charge < -0.3 is 14.3 Å². The summed E-state index contributed by atoms with van der Waals surface area (Å²) in [6.07, 6.45) is 2.34. The number of carbonyl (C=O) groups excluding carboxylic acids is 1. The van der Waals surface area contributed by atoms with Crippen LogP contribution in [0.15, 0.2) is 48.5 Å². The summed E-state index contributed by atoms with van der Waals surface area (Å²) in [4.78, 5) is 11.0. The van der Waals surface area contributed by atoms with Crippen molar-refractivity contribution in [3.63, 3.8) is 0 Å². The van der Waals surface area contributed by atoms with E-state index in [1.54, 1.807) is 0 Å². The lowest BCUT2D eigenvalue weighted by atomic mass is 9.89. The number of aldehydes is 1. The Morgan fingerprint density at radius 2 is 1.85 bits per heavy atom. The van der Waals surface area contributed by atoms with Gasteiger partial charge >= 0.3 is 0 Å². The van der Waals surface area contributed by atoms with E-state index in [1.165, 1.54) is 5.56 Å². The zero-order valence-corrected chi connectivity index (χ0v) is 11.1. The Bertz CT molecular complexity index is 592. The number of rotatable bonds is 5. The minimum atomic E-state index is 0.171. The first-order valence-corrected chi connectivity index (χ1v) is 6.74. The van der Waals surface area contributed by atoms with Gasteiger partial charge in [0.05, 0.1) is 0 Å². The molecule has 0 unspecified atom stereocenters. The van der Waals surface area contributed by atoms with Gasteiger partial charge in [-0.2, -0.15) is 0 Å². The summed E-state index contributed by atoms with van der Waals surface area (Å²) >= 11 is 0. The van der Waals surface area contributed by atoms with Crippen molar-refractivity contribution in [2.24, 2.45) is 0 Å². The quantitative estimate of drug-likeness (QED) is 0.780. The van der Waals surface area contributed by atoms with E-state index in [9.17, 15) is 4.79 Å². The molecule has 2 aromatic rings. The number of hydrogen-bond donors (Lipinski definition) is 0. The highest BCUT2D eigenvalue weighted by Gasteiger charge is 2.18. The van der Waals surface area contributed by atoms with Crippen LogP contribution < -0.4 is 9.47 Å². The van der Waals surface area contributed by atoms with Crippen LogP contribution in [-0.2, 0) is 11.2 Å². The summed E-state index contributed by atoms with van der Waals surface area (Å²) in [5.41, 5.74) is 2.35. The third kappa shape index (κ3) is 2.67. The third-order valence-electron chi connectivity index (χ3n) is 3.57. The van der Waals surface area contributed by atoms with E-state index in [0.717, 1.165) is 29.8 Å². The van der Waals surface area contributed by atoms with Gasteiger partial charge in [-0.05, 0) is 35.6 Å². The normalized spacial score (nSPS) is 14.0. The molecule has 3 rings (SSSR count). The van der Waals surface area contributed by atoms with Crippen molar-refractivity contribution < 1.29 is 14.3 Å². The summed E-state index contributed by atoms with van der Waals surface area (Å²) < 4.78 is 10.7. The van der Waals surface area contributed by atoms with E-state index in [4.69, 9.17) is 9.47 Å². The zero-order chi connectivity index (χ0) is 13.8. The number of ether oxygens (including phenoxy) is 2. The molecule has 0 aliphatic carbocycles. The van der Waals surface area contributed by atoms with Crippen molar-refractivity contribution in [2.75, 3.05) is 6.79 Å². The Labute approximate surface area is 118 Å². The van der Waals surface area contributed by atoms with E-state index >= 15 is 0 Å². The second kappa shape index (κ2) is 5.78. The predicted molar refractivity (Wildman–Crippen MR) is 76.1 cm³/mol. The highest BCUT2D eigenvalue weighted by molar-refractivity contribution is 5.53. The maximum absolute atomic E-state index is 11.0. The topological polar surface area (TPSA) is 35.5 Å². The van der Waals surface area contributed by atoms with Crippen molar-refractivity contribution in [2.45, 2.75) is 18.8 Å². The van der Waals surface area contributed by atoms with E-state index < -0.39 is 0 Å². The van der Waals surface area contributed by atoms with Crippen LogP contribution in [0.1, 0.15) is 23.5 Å². The van der Waals surface area contributed by atoms with Crippen LogP contribution in [0, 0.1) is 0 Å². The Morgan fingerprint density at radius 3 is 2.65 bits per heavy atom. The maximum Gasteiger partial charge on any atom is 0.231 e. The van der Waals surface area contributed by atoms with Crippen LogP contribution in [0.5, 0.6) is 11.5 Å². The van der Waals surface area contributed by atoms with Crippen molar-refractivity contribution in [3.8, 4) is 11.5 Å². The van der Waals surface area contributed by atoms with E-state index in [-0.39, 0.29) is 12.7 Å². The summed E-state index contributed by atoms with van der Waals surface area (Å²) in [6.45, 7) is 0.274. The van der Waals surface area contributed by atoms with Crippen LogP contribution in [0.4, 0.5) is 0 Å². The fourth-order valence-corrected chi connectivity index (χ4v) is 2.52. The molecule has 1 heterocycles. The monoisotopic (exact) mass is 268 g/mol. The maximum atomic E-state index is 11.0. The molecule has 2 aromatic carbocycles. The molecule has 1 aliphatic heterocycles. The van der Waals surface area contributed by atoms with Crippen molar-refractivity contribution in [1.82, 2.24) is 0 Å². The predicted octanol–water partition coefficient (Wildman–Crippen LogP) is 3.33. The van der Waals surface area contributed by atoms with Gasteiger partial charge in [-0.25, -0.2) is 0 Å². The molecule has 0 aromatic heterocycles. The van der Waals surface area contributed by atoms with E-state index in [0.29, 0.717) is 6.42 Å². The van der Waals surface area contributed by atoms with Crippen molar-refractivity contribution in [3.05, 3.63) is 59.7 Å². The van der Waals surface area contributed by atoms with Crippen LogP contribution in [0.25, 0.3) is 0 Å². The molecule has 0 bridgehead atoms. The summed E-state index contributed by atoms with van der Waals surface area (Å²) in [6, 6.07) is 16.1. The van der Waals surface area contributed by atoms with Crippen LogP contribution in [-0.4, -0.2) is 13.1 Å². The van der Waals surface area contributed by atoms with E-state index in [1.807, 2.05) is 36.4 Å². The Morgan fingerprint density at radius 1 is 1.05 bits per heavy atom. The highest BCUT2D eigenvalue weighted by Crippen LogP contribution is 2.36. The zero-order valence-electron chi connectivity index (χ0n) is 11.1. The first-order valence-electron chi connectivity index (χ1n) is 6.74. The Kier molecular flexibility index (Phi) is 3.68. The Balaban J connectivity index is 1.84. The van der Waals surface area contributed by atoms with Gasteiger partial charge in [-0.15, -0.1) is 0 Å². The number of carbonyl (C=O) groups is 1. The van der Waals surface area contributed by atoms with Gasteiger partial charge in [0.15, 0.2) is 11.5 Å². The van der Waals surface area contributed by atoms with Crippen LogP contribution in [0.2, 0.25) is 0 Å². The van der Waals surface area contributed by atoms with Crippen molar-refractivity contribution in [1.29, 1.82) is 0 Å². The number of hydrogen-bond acceptors (Lipinski definition) is 3. The average molecular weight is 268 g/mol. The van der Waals surface area contributed by atoms with Gasteiger partial charge in [-0.3, -0.25) is 0 Å². The standard InChI is InChI=1S/C17H16O3/c18-9-8-15(10-13-4-2-1-3-5-13)14-6-7-16-17(11-14)20-12-19-16/h1-7,9,11,15H,8,10,12H2/t15-/m1/s1. The molecule has 0 fully saturated rings. The van der Waals surface area contributed by atoms with Gasteiger partial charge in [-0.1, -0.05) is 36.4 Å². The molecule has 20 heavy (non-hydrogen) atoms. The lowest BCUT2D eigenvalue weighted by Gasteiger charge is -2.15. The molecule has 0 saturated heterocycles. The number of fused-ring (bicyclic) bond motifs is 1. The lowest BCUT2D eigenvalue weighted by molar-refractivity contribution is -0.108. The average Bonchev–Trinajstić information content (AvgIpc) is 2.95. The molecule has 3 nitrogen and oxygen atoms in total. The van der Waals surface area contributed by atoms with Gasteiger partial charge in [0.1, 0.15) is 6.29 Å². The van der Waals surface area contributed by atoms with Gasteiger partial charge in [0.25, 0.3) is 0 Å². The van der Waals surface area contributed by atoms with Crippen molar-refractivity contribution >= 4 is 6.29 Å². The largest absolute Gasteiger partial charge is 0.454 e. The smallest absolute Gasteiger partial charge is 0.231 e. The molecule has 0 N–H and O–H groups in total. The fourth-order valence-electron chi connectivity index (χ4n) is 2.52. The van der Waals surface area contributed by atoms with Crippen LogP contribution >= 0.6 is 0 Å². The number of benzene rings is 2. The van der Waals surface area contributed by atoms with E-state index in [2.05, 4.69) is 12.1 Å². The molecule has 0 spiro atoms. The van der Waals surface area contributed by atoms with Crippen LogP contribution in [0.3, 0.4) is 0 Å². The summed E-state index contributed by atoms with van der Waals surface area (Å²) in [5, 5.41) is 0. The second-order valence-corrected chi connectivity index (χ2v) is 4.90. The molecule has 3 heteroatoms. The van der Waals surface area contributed by atoms with Gasteiger partial charge in [0, 0.05) is 6.42 Å². The minimum Gasteiger partial charge on any atom is -0.454 e. The highest BCUT2D eigenvalue weighted by atomic mass is 16.7.